The highest BCUT2D eigenvalue weighted by Crippen LogP contribution is 2.30. The van der Waals surface area contributed by atoms with Crippen LogP contribution in [0.2, 0.25) is 0 Å². The molecular weight excluding hydrogens is 246 g/mol. The molecule has 1 amide bonds. The minimum Gasteiger partial charge on any atom is -0.465 e. The van der Waals surface area contributed by atoms with Crippen LogP contribution in [-0.2, 0) is 0 Å². The lowest BCUT2D eigenvalue weighted by Gasteiger charge is -2.05. The van der Waals surface area contributed by atoms with Crippen molar-refractivity contribution in [1.82, 2.24) is 4.98 Å². The molecule has 0 unspecified atom stereocenters. The Morgan fingerprint density at radius 2 is 2.11 bits per heavy atom. The average molecular weight is 257 g/mol. The van der Waals surface area contributed by atoms with Gasteiger partial charge in [0.2, 0.25) is 0 Å². The Labute approximate surface area is 108 Å². The van der Waals surface area contributed by atoms with Crippen molar-refractivity contribution in [1.29, 1.82) is 0 Å². The van der Waals surface area contributed by atoms with Crippen molar-refractivity contribution < 1.29 is 14.7 Å². The number of nitrogens with zero attached hydrogens (tertiary/aromatic N) is 2. The van der Waals surface area contributed by atoms with E-state index in [1.54, 1.807) is 12.4 Å². The molecule has 0 saturated heterocycles. The summed E-state index contributed by atoms with van der Waals surface area (Å²) in [5, 5.41) is 12.0. The molecule has 0 atom stereocenters. The van der Waals surface area contributed by atoms with Gasteiger partial charge in [-0.15, -0.1) is 0 Å². The average Bonchev–Trinajstić information content (AvgIpc) is 2.63. The second-order valence-corrected chi connectivity index (χ2v) is 3.60. The maximum Gasteiger partial charge on any atom is 0.402 e. The van der Waals surface area contributed by atoms with Crippen molar-refractivity contribution in [3.63, 3.8) is 0 Å². The minimum absolute atomic E-state index is 0.769. The van der Waals surface area contributed by atoms with E-state index in [0.29, 0.717) is 0 Å². The van der Waals surface area contributed by atoms with Crippen LogP contribution < -0.4 is 10.6 Å². The molecule has 1 aliphatic rings. The Kier molecular flexibility index (Phi) is 3.72. The summed E-state index contributed by atoms with van der Waals surface area (Å²) < 4.78 is 0. The number of rotatable bonds is 0. The molecule has 0 aliphatic carbocycles. The van der Waals surface area contributed by atoms with Crippen LogP contribution in [0.4, 0.5) is 4.79 Å². The number of amides is 1. The molecule has 3 N–H and O–H groups in total. The van der Waals surface area contributed by atoms with E-state index in [0.717, 1.165) is 22.2 Å². The van der Waals surface area contributed by atoms with Gasteiger partial charge in [0.1, 0.15) is 0 Å². The number of nitrogens with two attached hydrogens (primary N) is 1. The highest BCUT2D eigenvalue weighted by molar-refractivity contribution is 5.91. The molecule has 0 spiro atoms. The molecule has 3 rings (SSSR count). The Morgan fingerprint density at radius 1 is 1.32 bits per heavy atom. The predicted molar refractivity (Wildman–Crippen MR) is 72.1 cm³/mol. The van der Waals surface area contributed by atoms with E-state index < -0.39 is 6.09 Å². The molecule has 0 fully saturated rings. The molecule has 1 aromatic heterocycles. The largest absolute Gasteiger partial charge is 0.465 e. The van der Waals surface area contributed by atoms with Gasteiger partial charge < -0.3 is 15.7 Å². The second-order valence-electron chi connectivity index (χ2n) is 3.60. The SMILES string of the molecule is C1=Cc2ccc3ncccc3c2ON=C1.NC(=O)O. The molecule has 19 heavy (non-hydrogen) atoms. The monoisotopic (exact) mass is 257 g/mol. The number of fused-ring (bicyclic) bond motifs is 3. The Morgan fingerprint density at radius 3 is 2.89 bits per heavy atom. The van der Waals surface area contributed by atoms with Gasteiger partial charge >= 0.3 is 6.09 Å². The highest BCUT2D eigenvalue weighted by atomic mass is 16.6. The zero-order valence-electron chi connectivity index (χ0n) is 9.85. The van der Waals surface area contributed by atoms with Gasteiger partial charge in [0.05, 0.1) is 11.7 Å². The highest BCUT2D eigenvalue weighted by Gasteiger charge is 2.08. The molecule has 2 heterocycles. The first-order valence-electron chi connectivity index (χ1n) is 5.41. The number of hydrogen-bond acceptors (Lipinski definition) is 4. The third-order valence-electron chi connectivity index (χ3n) is 2.33. The molecular formula is C13H11N3O3. The first-order chi connectivity index (χ1) is 9.18. The molecule has 1 aromatic carbocycles. The van der Waals surface area contributed by atoms with E-state index in [2.05, 4.69) is 15.9 Å². The summed E-state index contributed by atoms with van der Waals surface area (Å²) in [4.78, 5) is 18.4. The van der Waals surface area contributed by atoms with E-state index >= 15 is 0 Å². The first kappa shape index (κ1) is 12.6. The molecule has 0 bridgehead atoms. The molecule has 6 heteroatoms. The van der Waals surface area contributed by atoms with Crippen LogP contribution >= 0.6 is 0 Å². The van der Waals surface area contributed by atoms with Gasteiger partial charge in [-0.2, -0.15) is 0 Å². The Bertz CT molecular complexity index is 661. The maximum atomic E-state index is 8.78. The molecule has 1 aliphatic heterocycles. The fourth-order valence-electron chi connectivity index (χ4n) is 1.64. The van der Waals surface area contributed by atoms with E-state index in [-0.39, 0.29) is 0 Å². The summed E-state index contributed by atoms with van der Waals surface area (Å²) in [6.07, 6.45) is 5.89. The van der Waals surface area contributed by atoms with Gasteiger partial charge in [0.15, 0.2) is 5.75 Å². The third kappa shape index (κ3) is 3.06. The van der Waals surface area contributed by atoms with Gasteiger partial charge in [0, 0.05) is 17.1 Å². The van der Waals surface area contributed by atoms with Crippen LogP contribution in [0.15, 0.2) is 41.7 Å². The van der Waals surface area contributed by atoms with Crippen molar-refractivity contribution in [3.05, 3.63) is 42.1 Å². The quantitative estimate of drug-likeness (QED) is 0.756. The Balaban J connectivity index is 0.000000297. The topological polar surface area (TPSA) is 97.8 Å². The summed E-state index contributed by atoms with van der Waals surface area (Å²) in [6.45, 7) is 0. The van der Waals surface area contributed by atoms with Crippen molar-refractivity contribution in [2.45, 2.75) is 0 Å². The van der Waals surface area contributed by atoms with Crippen LogP contribution in [0.1, 0.15) is 5.56 Å². The van der Waals surface area contributed by atoms with Gasteiger partial charge in [-0.25, -0.2) is 4.79 Å². The molecule has 0 saturated carbocycles. The van der Waals surface area contributed by atoms with Crippen LogP contribution in [-0.4, -0.2) is 22.4 Å². The standard InChI is InChI=1S/C12H8N2O.CH3NO2/c1-3-9-5-6-11-10(4-2-7-13-11)12(9)15-14-8-1;2-1(3)4/h1-8H;2H2,(H,3,4). The van der Waals surface area contributed by atoms with Crippen LogP contribution in [0.5, 0.6) is 5.75 Å². The number of allylic oxidation sites excluding steroid dienone is 1. The number of carboxylic acid groups (broad SMARTS) is 1. The van der Waals surface area contributed by atoms with Gasteiger partial charge in [-0.3, -0.25) is 4.98 Å². The van der Waals surface area contributed by atoms with E-state index in [4.69, 9.17) is 14.7 Å². The number of carbonyl (C=O) groups is 1. The molecule has 96 valence electrons. The van der Waals surface area contributed by atoms with Gasteiger partial charge in [0.25, 0.3) is 0 Å². The van der Waals surface area contributed by atoms with Crippen molar-refractivity contribution in [3.8, 4) is 5.75 Å². The lowest BCUT2D eigenvalue weighted by molar-refractivity contribution is 0.205. The maximum absolute atomic E-state index is 8.78. The summed E-state index contributed by atoms with van der Waals surface area (Å²) in [5.41, 5.74) is 5.97. The smallest absolute Gasteiger partial charge is 0.402 e. The van der Waals surface area contributed by atoms with Crippen molar-refractivity contribution in [2.75, 3.05) is 0 Å². The molecule has 6 nitrogen and oxygen atoms in total. The number of benzene rings is 1. The third-order valence-corrected chi connectivity index (χ3v) is 2.33. The predicted octanol–water partition coefficient (Wildman–Crippen LogP) is 2.25. The summed E-state index contributed by atoms with van der Waals surface area (Å²) in [7, 11) is 0. The van der Waals surface area contributed by atoms with Crippen LogP contribution in [0.25, 0.3) is 17.0 Å². The lowest BCUT2D eigenvalue weighted by atomic mass is 10.1. The molecule has 2 aromatic rings. The number of primary amides is 1. The summed E-state index contributed by atoms with van der Waals surface area (Å²) in [5.74, 6) is 0.769. The second kappa shape index (κ2) is 5.63. The number of hydrogen-bond donors (Lipinski definition) is 2. The normalized spacial score (nSPS) is 11.8. The van der Waals surface area contributed by atoms with Gasteiger partial charge in [-0.05, 0) is 36.4 Å². The van der Waals surface area contributed by atoms with E-state index in [1.807, 2.05) is 36.4 Å². The lowest BCUT2D eigenvalue weighted by Crippen LogP contribution is -2.03. The molecule has 0 radical (unpaired) electrons. The number of oxime groups is 1. The van der Waals surface area contributed by atoms with E-state index in [9.17, 15) is 0 Å². The van der Waals surface area contributed by atoms with Gasteiger partial charge in [-0.1, -0.05) is 5.16 Å². The van der Waals surface area contributed by atoms with Crippen molar-refractivity contribution in [2.24, 2.45) is 10.9 Å². The summed E-state index contributed by atoms with van der Waals surface area (Å²) >= 11 is 0. The van der Waals surface area contributed by atoms with Crippen LogP contribution in [0.3, 0.4) is 0 Å². The minimum atomic E-state index is -1.33. The van der Waals surface area contributed by atoms with Crippen LogP contribution in [0, 0.1) is 0 Å². The Hall–Kier alpha value is -2.89. The fourth-order valence-corrected chi connectivity index (χ4v) is 1.64. The van der Waals surface area contributed by atoms with E-state index in [1.165, 1.54) is 0 Å². The zero-order valence-corrected chi connectivity index (χ0v) is 9.85. The fraction of sp³-hybridized carbons (Fsp3) is 0. The summed E-state index contributed by atoms with van der Waals surface area (Å²) in [6, 6.07) is 7.84. The zero-order chi connectivity index (χ0) is 13.7. The number of aromatic nitrogens is 1. The van der Waals surface area contributed by atoms with Crippen molar-refractivity contribution >= 4 is 29.3 Å². The first-order valence-corrected chi connectivity index (χ1v) is 5.41. The number of pyridine rings is 1.